The van der Waals surface area contributed by atoms with Crippen LogP contribution in [0.2, 0.25) is 0 Å². The van der Waals surface area contributed by atoms with Crippen molar-refractivity contribution in [2.45, 2.75) is 13.0 Å². The number of hydrogen-bond donors (Lipinski definition) is 2. The SMILES string of the molecule is Cc1nc2sc(C(c3ccc([N+](=O)[O-])cc3)N(C)CCO)c(O)n2n1. The van der Waals surface area contributed by atoms with Gasteiger partial charge in [-0.25, -0.2) is 4.98 Å². The number of nitro benzene ring substituents is 1. The Kier molecular flexibility index (Phi) is 4.66. The van der Waals surface area contributed by atoms with Gasteiger partial charge in [-0.05, 0) is 19.5 Å². The van der Waals surface area contributed by atoms with E-state index >= 15 is 0 Å². The van der Waals surface area contributed by atoms with E-state index in [0.717, 1.165) is 5.56 Å². The molecule has 3 aromatic rings. The Labute approximate surface area is 146 Å². The molecule has 0 spiro atoms. The highest BCUT2D eigenvalue weighted by Gasteiger charge is 2.27. The minimum atomic E-state index is -0.459. The van der Waals surface area contributed by atoms with Crippen LogP contribution in [0.25, 0.3) is 4.96 Å². The van der Waals surface area contributed by atoms with Gasteiger partial charge in [0.25, 0.3) is 5.69 Å². The lowest BCUT2D eigenvalue weighted by Crippen LogP contribution is -2.28. The van der Waals surface area contributed by atoms with Crippen molar-refractivity contribution in [1.82, 2.24) is 19.5 Å². The summed E-state index contributed by atoms with van der Waals surface area (Å²) in [5, 5.41) is 34.9. The van der Waals surface area contributed by atoms with Gasteiger partial charge in [0, 0.05) is 18.7 Å². The fourth-order valence-corrected chi connectivity index (χ4v) is 3.89. The highest BCUT2D eigenvalue weighted by atomic mass is 32.1. The van der Waals surface area contributed by atoms with Crippen molar-refractivity contribution in [2.24, 2.45) is 0 Å². The molecular formula is C15H17N5O4S. The molecule has 2 N–H and O–H groups in total. The van der Waals surface area contributed by atoms with Crippen LogP contribution in [0.15, 0.2) is 24.3 Å². The van der Waals surface area contributed by atoms with Crippen molar-refractivity contribution in [3.63, 3.8) is 0 Å². The first-order valence-electron chi connectivity index (χ1n) is 7.53. The predicted molar refractivity (Wildman–Crippen MR) is 91.9 cm³/mol. The molecule has 0 fully saturated rings. The summed E-state index contributed by atoms with van der Waals surface area (Å²) in [5.74, 6) is 0.539. The van der Waals surface area contributed by atoms with Crippen molar-refractivity contribution in [3.8, 4) is 5.88 Å². The fraction of sp³-hybridized carbons (Fsp3) is 0.333. The number of aromatic nitrogens is 3. The predicted octanol–water partition coefficient (Wildman–Crippen LogP) is 1.73. The fourth-order valence-electron chi connectivity index (χ4n) is 2.70. The van der Waals surface area contributed by atoms with Crippen LogP contribution in [-0.2, 0) is 0 Å². The molecule has 132 valence electrons. The van der Waals surface area contributed by atoms with E-state index in [4.69, 9.17) is 0 Å². The standard InChI is InChI=1S/C15H17N5O4S/c1-9-16-15-19(17-9)14(22)13(25-15)12(18(2)7-8-21)10-3-5-11(6-4-10)20(23)24/h3-6,12,21-22H,7-8H2,1-2H3. The first-order chi connectivity index (χ1) is 11.9. The number of aromatic hydroxyl groups is 1. The lowest BCUT2D eigenvalue weighted by Gasteiger charge is -2.26. The van der Waals surface area contributed by atoms with Crippen LogP contribution in [0.1, 0.15) is 22.3 Å². The van der Waals surface area contributed by atoms with Gasteiger partial charge in [0.2, 0.25) is 10.8 Å². The first-order valence-corrected chi connectivity index (χ1v) is 8.34. The smallest absolute Gasteiger partial charge is 0.269 e. The van der Waals surface area contributed by atoms with Crippen LogP contribution in [0.5, 0.6) is 5.88 Å². The third-order valence-electron chi connectivity index (χ3n) is 3.87. The third-order valence-corrected chi connectivity index (χ3v) is 4.94. The van der Waals surface area contributed by atoms with Gasteiger partial charge in [0.1, 0.15) is 5.82 Å². The summed E-state index contributed by atoms with van der Waals surface area (Å²) in [4.78, 5) is 17.7. The molecule has 10 heteroatoms. The Bertz CT molecular complexity index is 905. The molecule has 3 rings (SSSR count). The Morgan fingerprint density at radius 2 is 2.08 bits per heavy atom. The summed E-state index contributed by atoms with van der Waals surface area (Å²) in [6.45, 7) is 2.05. The third kappa shape index (κ3) is 3.18. The number of aryl methyl sites for hydroxylation is 1. The van der Waals surface area contributed by atoms with E-state index in [2.05, 4.69) is 10.1 Å². The topological polar surface area (TPSA) is 117 Å². The van der Waals surface area contributed by atoms with Gasteiger partial charge in [-0.1, -0.05) is 23.5 Å². The maximum atomic E-state index is 10.9. The number of nitrogens with zero attached hydrogens (tertiary/aromatic N) is 5. The van der Waals surface area contributed by atoms with Crippen molar-refractivity contribution < 1.29 is 15.1 Å². The second kappa shape index (κ2) is 6.75. The Balaban J connectivity index is 2.08. The van der Waals surface area contributed by atoms with Crippen LogP contribution in [0.4, 0.5) is 5.69 Å². The van der Waals surface area contributed by atoms with Crippen LogP contribution >= 0.6 is 11.3 Å². The summed E-state index contributed by atoms with van der Waals surface area (Å²) in [7, 11) is 1.81. The molecule has 1 atom stereocenters. The molecule has 2 heterocycles. The van der Waals surface area contributed by atoms with Crippen LogP contribution in [-0.4, -0.2) is 54.8 Å². The number of non-ortho nitro benzene ring substituents is 1. The molecule has 25 heavy (non-hydrogen) atoms. The zero-order chi connectivity index (χ0) is 18.1. The summed E-state index contributed by atoms with van der Waals surface area (Å²) in [5.41, 5.74) is 0.757. The van der Waals surface area contributed by atoms with Crippen molar-refractivity contribution >= 4 is 22.0 Å². The summed E-state index contributed by atoms with van der Waals surface area (Å²) in [6, 6.07) is 5.76. The zero-order valence-electron chi connectivity index (χ0n) is 13.7. The Hall–Kier alpha value is -2.56. The monoisotopic (exact) mass is 363 g/mol. The lowest BCUT2D eigenvalue weighted by molar-refractivity contribution is -0.384. The molecule has 0 aliphatic carbocycles. The number of hydrogen-bond acceptors (Lipinski definition) is 8. The number of nitro groups is 1. The summed E-state index contributed by atoms with van der Waals surface area (Å²) >= 11 is 1.29. The minimum absolute atomic E-state index is 0.00481. The number of thiazole rings is 1. The highest BCUT2D eigenvalue weighted by Crippen LogP contribution is 2.39. The molecule has 0 bridgehead atoms. The number of aliphatic hydroxyl groups excluding tert-OH is 1. The van der Waals surface area contributed by atoms with Gasteiger partial charge in [-0.3, -0.25) is 15.0 Å². The number of fused-ring (bicyclic) bond motifs is 1. The summed E-state index contributed by atoms with van der Waals surface area (Å²) in [6.07, 6.45) is 0. The largest absolute Gasteiger partial charge is 0.492 e. The van der Waals surface area contributed by atoms with E-state index in [1.54, 1.807) is 19.1 Å². The molecule has 9 nitrogen and oxygen atoms in total. The number of likely N-dealkylation sites (N-methyl/N-ethyl adjacent to an activating group) is 1. The lowest BCUT2D eigenvalue weighted by atomic mass is 10.0. The quantitative estimate of drug-likeness (QED) is 0.506. The molecule has 0 aliphatic rings. The number of aliphatic hydroxyl groups is 1. The van der Waals surface area contributed by atoms with E-state index in [9.17, 15) is 20.3 Å². The molecular weight excluding hydrogens is 346 g/mol. The van der Waals surface area contributed by atoms with Crippen molar-refractivity contribution in [1.29, 1.82) is 0 Å². The number of rotatable bonds is 6. The molecule has 2 aromatic heterocycles. The van der Waals surface area contributed by atoms with E-state index in [0.29, 0.717) is 22.2 Å². The van der Waals surface area contributed by atoms with E-state index < -0.39 is 4.92 Å². The van der Waals surface area contributed by atoms with Gasteiger partial charge < -0.3 is 10.2 Å². The van der Waals surface area contributed by atoms with Crippen LogP contribution in [0, 0.1) is 17.0 Å². The average molecular weight is 363 g/mol. The average Bonchev–Trinajstić information content (AvgIpc) is 3.07. The van der Waals surface area contributed by atoms with E-state index in [1.807, 2.05) is 11.9 Å². The first kappa shape index (κ1) is 17.3. The highest BCUT2D eigenvalue weighted by molar-refractivity contribution is 7.17. The molecule has 0 saturated carbocycles. The zero-order valence-corrected chi connectivity index (χ0v) is 14.5. The molecule has 1 aromatic carbocycles. The molecule has 0 amide bonds. The van der Waals surface area contributed by atoms with E-state index in [1.165, 1.54) is 28.0 Å². The second-order valence-corrected chi connectivity index (χ2v) is 6.61. The maximum absolute atomic E-state index is 10.9. The van der Waals surface area contributed by atoms with Crippen molar-refractivity contribution in [3.05, 3.63) is 50.6 Å². The Morgan fingerprint density at radius 1 is 1.40 bits per heavy atom. The summed E-state index contributed by atoms with van der Waals surface area (Å²) < 4.78 is 1.38. The van der Waals surface area contributed by atoms with Gasteiger partial charge in [0.15, 0.2) is 0 Å². The normalized spacial score (nSPS) is 12.8. The number of benzene rings is 1. The van der Waals surface area contributed by atoms with Gasteiger partial charge >= 0.3 is 0 Å². The van der Waals surface area contributed by atoms with Crippen molar-refractivity contribution in [2.75, 3.05) is 20.2 Å². The van der Waals surface area contributed by atoms with Gasteiger partial charge in [0.05, 0.1) is 22.4 Å². The molecule has 0 radical (unpaired) electrons. The van der Waals surface area contributed by atoms with Gasteiger partial charge in [-0.2, -0.15) is 4.52 Å². The Morgan fingerprint density at radius 3 is 2.64 bits per heavy atom. The molecule has 1 unspecified atom stereocenters. The van der Waals surface area contributed by atoms with Crippen LogP contribution < -0.4 is 0 Å². The van der Waals surface area contributed by atoms with Gasteiger partial charge in [-0.15, -0.1) is 5.10 Å². The maximum Gasteiger partial charge on any atom is 0.269 e. The minimum Gasteiger partial charge on any atom is -0.492 e. The molecule has 0 aliphatic heterocycles. The molecule has 0 saturated heterocycles. The van der Waals surface area contributed by atoms with Crippen LogP contribution in [0.3, 0.4) is 0 Å². The van der Waals surface area contributed by atoms with E-state index in [-0.39, 0.29) is 24.2 Å². The second-order valence-electron chi connectivity index (χ2n) is 5.60.